The van der Waals surface area contributed by atoms with Crippen molar-refractivity contribution >= 4 is 17.9 Å². The van der Waals surface area contributed by atoms with Gasteiger partial charge in [-0.25, -0.2) is 0 Å². The van der Waals surface area contributed by atoms with Crippen LogP contribution in [-0.2, 0) is 28.6 Å². The third-order valence-electron chi connectivity index (χ3n) is 15.3. The molecule has 0 rings (SSSR count). The minimum Gasteiger partial charge on any atom is -0.462 e. The molecule has 0 heterocycles. The van der Waals surface area contributed by atoms with Gasteiger partial charge in [-0.2, -0.15) is 0 Å². The summed E-state index contributed by atoms with van der Waals surface area (Å²) in [6.45, 7) is 6.69. The summed E-state index contributed by atoms with van der Waals surface area (Å²) in [5.41, 5.74) is 0. The van der Waals surface area contributed by atoms with Gasteiger partial charge in [0.2, 0.25) is 0 Å². The van der Waals surface area contributed by atoms with E-state index in [0.29, 0.717) is 19.3 Å². The molecular formula is C67H128O6. The number of unbranched alkanes of at least 4 members (excludes halogenated alkanes) is 49. The highest BCUT2D eigenvalue weighted by Gasteiger charge is 2.19. The molecule has 0 saturated heterocycles. The SMILES string of the molecule is CCCCCCCCCC/C=C\CCCCCCCCCCCCCCCCCCCCCC(=O)OCC(COC(=O)CCCCCCCCCCCC)OC(=O)CCCCCCCCCCCCCCCC. The lowest BCUT2D eigenvalue weighted by molar-refractivity contribution is -0.167. The topological polar surface area (TPSA) is 78.9 Å². The first-order valence-electron chi connectivity index (χ1n) is 33.2. The summed E-state index contributed by atoms with van der Waals surface area (Å²) >= 11 is 0. The van der Waals surface area contributed by atoms with Crippen molar-refractivity contribution in [2.75, 3.05) is 13.2 Å². The second-order valence-corrected chi connectivity index (χ2v) is 22.7. The average molecular weight is 1030 g/mol. The summed E-state index contributed by atoms with van der Waals surface area (Å²) in [5, 5.41) is 0. The fourth-order valence-corrected chi connectivity index (χ4v) is 10.3. The summed E-state index contributed by atoms with van der Waals surface area (Å²) in [4.78, 5) is 38.1. The predicted molar refractivity (Wildman–Crippen MR) is 317 cm³/mol. The molecular weight excluding hydrogens is 901 g/mol. The lowest BCUT2D eigenvalue weighted by Gasteiger charge is -2.18. The number of hydrogen-bond donors (Lipinski definition) is 0. The van der Waals surface area contributed by atoms with Crippen molar-refractivity contribution in [3.8, 4) is 0 Å². The predicted octanol–water partition coefficient (Wildman–Crippen LogP) is 22.4. The normalized spacial score (nSPS) is 12.0. The van der Waals surface area contributed by atoms with Crippen LogP contribution in [0.1, 0.15) is 380 Å². The quantitative estimate of drug-likeness (QED) is 0.0261. The van der Waals surface area contributed by atoms with Crippen molar-refractivity contribution in [1.82, 2.24) is 0 Å². The first-order valence-corrected chi connectivity index (χ1v) is 33.2. The van der Waals surface area contributed by atoms with Crippen LogP contribution < -0.4 is 0 Å². The average Bonchev–Trinajstić information content (AvgIpc) is 3.39. The van der Waals surface area contributed by atoms with Crippen LogP contribution in [0.3, 0.4) is 0 Å². The Hall–Kier alpha value is -1.85. The third kappa shape index (κ3) is 60.9. The summed E-state index contributed by atoms with van der Waals surface area (Å²) < 4.78 is 16.9. The maximum atomic E-state index is 12.8. The van der Waals surface area contributed by atoms with E-state index in [4.69, 9.17) is 14.2 Å². The molecule has 0 amide bonds. The molecule has 0 N–H and O–H groups in total. The van der Waals surface area contributed by atoms with Gasteiger partial charge in [0.1, 0.15) is 13.2 Å². The Morgan fingerprint density at radius 1 is 0.260 bits per heavy atom. The van der Waals surface area contributed by atoms with E-state index in [1.54, 1.807) is 0 Å². The summed E-state index contributed by atoms with van der Waals surface area (Å²) in [6, 6.07) is 0. The Bertz CT molecular complexity index is 1130. The molecule has 73 heavy (non-hydrogen) atoms. The Morgan fingerprint density at radius 3 is 0.685 bits per heavy atom. The molecule has 1 atom stereocenters. The van der Waals surface area contributed by atoms with Gasteiger partial charge in [-0.05, 0) is 44.9 Å². The fourth-order valence-electron chi connectivity index (χ4n) is 10.3. The molecule has 0 aromatic rings. The van der Waals surface area contributed by atoms with Crippen LogP contribution in [0.5, 0.6) is 0 Å². The van der Waals surface area contributed by atoms with Gasteiger partial charge in [0.15, 0.2) is 6.10 Å². The van der Waals surface area contributed by atoms with Crippen LogP contribution in [0.15, 0.2) is 12.2 Å². The number of carbonyl (C=O) groups excluding carboxylic acids is 3. The van der Waals surface area contributed by atoms with E-state index in [1.165, 1.54) is 283 Å². The molecule has 6 heteroatoms. The van der Waals surface area contributed by atoms with E-state index in [9.17, 15) is 14.4 Å². The molecule has 0 radical (unpaired) electrons. The van der Waals surface area contributed by atoms with E-state index in [2.05, 4.69) is 32.9 Å². The van der Waals surface area contributed by atoms with Crippen molar-refractivity contribution in [2.24, 2.45) is 0 Å². The molecule has 0 fully saturated rings. The highest BCUT2D eigenvalue weighted by atomic mass is 16.6. The van der Waals surface area contributed by atoms with Gasteiger partial charge in [-0.1, -0.05) is 328 Å². The highest BCUT2D eigenvalue weighted by molar-refractivity contribution is 5.71. The lowest BCUT2D eigenvalue weighted by Crippen LogP contribution is -2.30. The molecule has 0 aliphatic heterocycles. The Kier molecular flexibility index (Phi) is 61.1. The van der Waals surface area contributed by atoms with Crippen LogP contribution in [0.2, 0.25) is 0 Å². The van der Waals surface area contributed by atoms with Gasteiger partial charge in [0.05, 0.1) is 0 Å². The van der Waals surface area contributed by atoms with Crippen molar-refractivity contribution in [1.29, 1.82) is 0 Å². The van der Waals surface area contributed by atoms with E-state index >= 15 is 0 Å². The van der Waals surface area contributed by atoms with Crippen LogP contribution >= 0.6 is 0 Å². The lowest BCUT2D eigenvalue weighted by atomic mass is 10.0. The summed E-state index contributed by atoms with van der Waals surface area (Å²) in [7, 11) is 0. The van der Waals surface area contributed by atoms with Gasteiger partial charge < -0.3 is 14.2 Å². The van der Waals surface area contributed by atoms with Gasteiger partial charge in [-0.15, -0.1) is 0 Å². The molecule has 0 aromatic carbocycles. The molecule has 0 aliphatic carbocycles. The maximum Gasteiger partial charge on any atom is 0.306 e. The van der Waals surface area contributed by atoms with E-state index < -0.39 is 6.10 Å². The Morgan fingerprint density at radius 2 is 0.452 bits per heavy atom. The van der Waals surface area contributed by atoms with Crippen LogP contribution in [-0.4, -0.2) is 37.2 Å². The van der Waals surface area contributed by atoms with E-state index in [-0.39, 0.29) is 31.1 Å². The Balaban J connectivity index is 4.02. The number of rotatable bonds is 62. The number of carbonyl (C=O) groups is 3. The highest BCUT2D eigenvalue weighted by Crippen LogP contribution is 2.18. The van der Waals surface area contributed by atoms with Crippen LogP contribution in [0, 0.1) is 0 Å². The van der Waals surface area contributed by atoms with Gasteiger partial charge in [0.25, 0.3) is 0 Å². The fraction of sp³-hybridized carbons (Fsp3) is 0.925. The molecule has 0 aliphatic rings. The van der Waals surface area contributed by atoms with E-state index in [1.807, 2.05) is 0 Å². The minimum atomic E-state index is -0.762. The van der Waals surface area contributed by atoms with Gasteiger partial charge in [0, 0.05) is 19.3 Å². The molecule has 432 valence electrons. The van der Waals surface area contributed by atoms with Crippen molar-refractivity contribution in [3.63, 3.8) is 0 Å². The first kappa shape index (κ1) is 71.2. The van der Waals surface area contributed by atoms with Crippen molar-refractivity contribution in [2.45, 2.75) is 386 Å². The third-order valence-corrected chi connectivity index (χ3v) is 15.3. The largest absolute Gasteiger partial charge is 0.462 e. The molecule has 0 saturated carbocycles. The van der Waals surface area contributed by atoms with Gasteiger partial charge in [-0.3, -0.25) is 14.4 Å². The first-order chi connectivity index (χ1) is 36.0. The van der Waals surface area contributed by atoms with Crippen LogP contribution in [0.4, 0.5) is 0 Å². The van der Waals surface area contributed by atoms with Crippen LogP contribution in [0.25, 0.3) is 0 Å². The van der Waals surface area contributed by atoms with Crippen molar-refractivity contribution in [3.05, 3.63) is 12.2 Å². The molecule has 0 aromatic heterocycles. The number of hydrogen-bond acceptors (Lipinski definition) is 6. The number of allylic oxidation sites excluding steroid dienone is 2. The second kappa shape index (κ2) is 62.7. The van der Waals surface area contributed by atoms with Gasteiger partial charge >= 0.3 is 17.9 Å². The molecule has 0 bridgehead atoms. The number of esters is 3. The molecule has 6 nitrogen and oxygen atoms in total. The van der Waals surface area contributed by atoms with Crippen molar-refractivity contribution < 1.29 is 28.6 Å². The summed E-state index contributed by atoms with van der Waals surface area (Å²) in [5.74, 6) is -0.835. The molecule has 1 unspecified atom stereocenters. The second-order valence-electron chi connectivity index (χ2n) is 22.7. The smallest absolute Gasteiger partial charge is 0.306 e. The van der Waals surface area contributed by atoms with E-state index in [0.717, 1.165) is 57.8 Å². The zero-order valence-electron chi connectivity index (χ0n) is 49.7. The summed E-state index contributed by atoms with van der Waals surface area (Å²) in [6.07, 6.45) is 73.9. The zero-order chi connectivity index (χ0) is 52.9. The zero-order valence-corrected chi connectivity index (χ0v) is 49.7. The standard InChI is InChI=1S/C67H128O6/c1-4-7-10-13-16-19-22-24-26-27-28-29-30-31-32-33-34-35-36-37-38-39-40-41-42-44-45-48-51-54-57-60-66(69)72-63-64(62-71-65(68)59-56-53-50-47-21-18-15-12-9-6-3)73-67(70)61-58-55-52-49-46-43-25-23-20-17-14-11-8-5-2/h27-28,64H,4-26,29-63H2,1-3H3/b28-27-. The maximum absolute atomic E-state index is 12.8. The minimum absolute atomic E-state index is 0.0626. The number of ether oxygens (including phenoxy) is 3. The molecule has 0 spiro atoms. The Labute approximate surface area is 456 Å². The monoisotopic (exact) mass is 1030 g/mol.